The highest BCUT2D eigenvalue weighted by molar-refractivity contribution is 5.72. The van der Waals surface area contributed by atoms with Gasteiger partial charge in [0.25, 0.3) is 0 Å². The summed E-state index contributed by atoms with van der Waals surface area (Å²) in [4.78, 5) is 10.1. The first kappa shape index (κ1) is 9.25. The van der Waals surface area contributed by atoms with Crippen LogP contribution in [0.2, 0.25) is 0 Å². The van der Waals surface area contributed by atoms with Gasteiger partial charge in [0.2, 0.25) is 0 Å². The first-order valence-corrected chi connectivity index (χ1v) is 3.65. The minimum Gasteiger partial charge on any atom is -0.395 e. The van der Waals surface area contributed by atoms with E-state index in [4.69, 9.17) is 5.73 Å². The second-order valence-corrected chi connectivity index (χ2v) is 2.41. The van der Waals surface area contributed by atoms with Crippen molar-refractivity contribution in [2.75, 3.05) is 5.32 Å². The van der Waals surface area contributed by atoms with Gasteiger partial charge in [-0.05, 0) is 24.3 Å². The quantitative estimate of drug-likeness (QED) is 0.543. The highest BCUT2D eigenvalue weighted by Gasteiger charge is 1.90. The molecule has 0 aliphatic heterocycles. The van der Waals surface area contributed by atoms with Gasteiger partial charge in [0.1, 0.15) is 5.82 Å². The number of nitrogens with one attached hydrogen (secondary N) is 1. The number of hydrogen-bond acceptors (Lipinski definition) is 3. The molecule has 0 unspecified atom stereocenters. The van der Waals surface area contributed by atoms with Crippen molar-refractivity contribution in [3.8, 4) is 0 Å². The second-order valence-electron chi connectivity index (χ2n) is 2.41. The molecule has 0 bridgehead atoms. The lowest BCUT2D eigenvalue weighted by atomic mass is 10.3. The lowest BCUT2D eigenvalue weighted by Gasteiger charge is -1.99. The molecule has 0 saturated heterocycles. The number of allylic oxidation sites excluding steroid dienone is 1. The average molecular weight is 180 g/mol. The van der Waals surface area contributed by atoms with Crippen molar-refractivity contribution in [1.82, 2.24) is 0 Å². The molecular formula is C9H9FN2O. The summed E-state index contributed by atoms with van der Waals surface area (Å²) in [5.41, 5.74) is 5.97. The Labute approximate surface area is 75.1 Å². The number of halogens is 1. The van der Waals surface area contributed by atoms with Gasteiger partial charge in [0.05, 0.1) is 5.70 Å². The van der Waals surface area contributed by atoms with Crippen LogP contribution in [-0.4, -0.2) is 6.29 Å². The van der Waals surface area contributed by atoms with Crippen LogP contribution in [-0.2, 0) is 4.79 Å². The molecule has 68 valence electrons. The number of rotatable bonds is 3. The minimum absolute atomic E-state index is 0.0873. The molecule has 0 amide bonds. The van der Waals surface area contributed by atoms with E-state index in [1.165, 1.54) is 18.3 Å². The molecular weight excluding hydrogens is 171 g/mol. The van der Waals surface area contributed by atoms with Crippen LogP contribution in [0.4, 0.5) is 10.1 Å². The first-order chi connectivity index (χ1) is 6.22. The SMILES string of the molecule is N/C(C=O)=C\Nc1ccc(F)cc1. The Morgan fingerprint density at radius 1 is 1.38 bits per heavy atom. The predicted molar refractivity (Wildman–Crippen MR) is 48.4 cm³/mol. The summed E-state index contributed by atoms with van der Waals surface area (Å²) in [6.45, 7) is 0. The zero-order valence-corrected chi connectivity index (χ0v) is 6.83. The summed E-state index contributed by atoms with van der Waals surface area (Å²) in [6.07, 6.45) is 1.87. The Hall–Kier alpha value is -1.84. The maximum absolute atomic E-state index is 12.4. The van der Waals surface area contributed by atoms with E-state index in [2.05, 4.69) is 5.32 Å². The standard InChI is InChI=1S/C9H9FN2O/c10-7-1-3-9(4-2-7)12-5-8(11)6-13/h1-6,12H,11H2/b8-5-. The van der Waals surface area contributed by atoms with Crippen LogP contribution in [0.1, 0.15) is 0 Å². The van der Waals surface area contributed by atoms with Gasteiger partial charge in [-0.25, -0.2) is 4.39 Å². The summed E-state index contributed by atoms with van der Waals surface area (Å²) in [6, 6.07) is 5.72. The Balaban J connectivity index is 2.65. The molecule has 1 rings (SSSR count). The monoisotopic (exact) mass is 180 g/mol. The van der Waals surface area contributed by atoms with Crippen LogP contribution in [0.25, 0.3) is 0 Å². The third-order valence-electron chi connectivity index (χ3n) is 1.39. The van der Waals surface area contributed by atoms with E-state index >= 15 is 0 Å². The fraction of sp³-hybridized carbons (Fsp3) is 0. The number of carbonyl (C=O) groups is 1. The Morgan fingerprint density at radius 2 is 2.00 bits per heavy atom. The number of carbonyl (C=O) groups excluding carboxylic acids is 1. The molecule has 1 aromatic carbocycles. The molecule has 0 heterocycles. The van der Waals surface area contributed by atoms with E-state index in [1.54, 1.807) is 12.1 Å². The summed E-state index contributed by atoms with van der Waals surface area (Å²) >= 11 is 0. The lowest BCUT2D eigenvalue weighted by molar-refractivity contribution is -0.104. The summed E-state index contributed by atoms with van der Waals surface area (Å²) in [5.74, 6) is -0.308. The maximum Gasteiger partial charge on any atom is 0.167 e. The van der Waals surface area contributed by atoms with Crippen molar-refractivity contribution in [3.05, 3.63) is 42.0 Å². The molecule has 0 aliphatic carbocycles. The number of nitrogens with two attached hydrogens (primary N) is 1. The van der Waals surface area contributed by atoms with Crippen LogP contribution >= 0.6 is 0 Å². The summed E-state index contributed by atoms with van der Waals surface area (Å²) in [7, 11) is 0. The molecule has 0 aliphatic rings. The van der Waals surface area contributed by atoms with Crippen molar-refractivity contribution >= 4 is 12.0 Å². The van der Waals surface area contributed by atoms with Crippen LogP contribution in [0.3, 0.4) is 0 Å². The zero-order chi connectivity index (χ0) is 9.68. The molecule has 0 atom stereocenters. The van der Waals surface area contributed by atoms with Crippen LogP contribution in [0.5, 0.6) is 0 Å². The number of aldehydes is 1. The molecule has 3 nitrogen and oxygen atoms in total. The molecule has 0 spiro atoms. The lowest BCUT2D eigenvalue weighted by Crippen LogP contribution is -2.01. The number of hydrogen-bond donors (Lipinski definition) is 2. The molecule has 3 N–H and O–H groups in total. The van der Waals surface area contributed by atoms with Crippen LogP contribution in [0, 0.1) is 5.82 Å². The normalized spacial score (nSPS) is 11.0. The Kier molecular flexibility index (Phi) is 3.03. The van der Waals surface area contributed by atoms with Crippen molar-refractivity contribution in [3.63, 3.8) is 0 Å². The smallest absolute Gasteiger partial charge is 0.167 e. The van der Waals surface area contributed by atoms with Gasteiger partial charge in [-0.2, -0.15) is 0 Å². The maximum atomic E-state index is 12.4. The van der Waals surface area contributed by atoms with E-state index in [-0.39, 0.29) is 11.5 Å². The predicted octanol–water partition coefficient (Wildman–Crippen LogP) is 1.24. The fourth-order valence-corrected chi connectivity index (χ4v) is 0.747. The second kappa shape index (κ2) is 4.25. The Bertz CT molecular complexity index is 319. The van der Waals surface area contributed by atoms with Crippen LogP contribution in [0.15, 0.2) is 36.2 Å². The molecule has 0 radical (unpaired) electrons. The Morgan fingerprint density at radius 3 is 2.54 bits per heavy atom. The molecule has 0 aromatic heterocycles. The van der Waals surface area contributed by atoms with Crippen molar-refractivity contribution in [2.24, 2.45) is 5.73 Å². The van der Waals surface area contributed by atoms with Gasteiger partial charge in [0.15, 0.2) is 6.29 Å². The van der Waals surface area contributed by atoms with Gasteiger partial charge in [0, 0.05) is 11.9 Å². The van der Waals surface area contributed by atoms with E-state index in [9.17, 15) is 9.18 Å². The van der Waals surface area contributed by atoms with E-state index in [0.717, 1.165) is 0 Å². The van der Waals surface area contributed by atoms with Crippen molar-refractivity contribution in [1.29, 1.82) is 0 Å². The van der Waals surface area contributed by atoms with Gasteiger partial charge >= 0.3 is 0 Å². The van der Waals surface area contributed by atoms with Gasteiger partial charge in [-0.3, -0.25) is 4.79 Å². The topological polar surface area (TPSA) is 55.1 Å². The first-order valence-electron chi connectivity index (χ1n) is 3.65. The minimum atomic E-state index is -0.308. The third kappa shape index (κ3) is 2.94. The highest BCUT2D eigenvalue weighted by Crippen LogP contribution is 2.07. The van der Waals surface area contributed by atoms with E-state index in [0.29, 0.717) is 12.0 Å². The van der Waals surface area contributed by atoms with Gasteiger partial charge in [-0.1, -0.05) is 0 Å². The third-order valence-corrected chi connectivity index (χ3v) is 1.39. The van der Waals surface area contributed by atoms with Crippen LogP contribution < -0.4 is 11.1 Å². The number of benzene rings is 1. The van der Waals surface area contributed by atoms with E-state index < -0.39 is 0 Å². The highest BCUT2D eigenvalue weighted by atomic mass is 19.1. The molecule has 4 heteroatoms. The number of anilines is 1. The van der Waals surface area contributed by atoms with Gasteiger partial charge in [-0.15, -0.1) is 0 Å². The van der Waals surface area contributed by atoms with E-state index in [1.807, 2.05) is 0 Å². The van der Waals surface area contributed by atoms with Gasteiger partial charge < -0.3 is 11.1 Å². The summed E-state index contributed by atoms with van der Waals surface area (Å²) < 4.78 is 12.4. The zero-order valence-electron chi connectivity index (χ0n) is 6.83. The van der Waals surface area contributed by atoms with Crippen molar-refractivity contribution in [2.45, 2.75) is 0 Å². The molecule has 1 aromatic rings. The molecule has 13 heavy (non-hydrogen) atoms. The fourth-order valence-electron chi connectivity index (χ4n) is 0.747. The molecule has 0 saturated carbocycles. The average Bonchev–Trinajstić information content (AvgIpc) is 2.16. The largest absolute Gasteiger partial charge is 0.395 e. The summed E-state index contributed by atoms with van der Waals surface area (Å²) in [5, 5.41) is 2.74. The molecule has 0 fully saturated rings. The van der Waals surface area contributed by atoms with Crippen molar-refractivity contribution < 1.29 is 9.18 Å².